The number of ether oxygens (including phenoxy) is 3. The van der Waals surface area contributed by atoms with Gasteiger partial charge in [-0.1, -0.05) is 70.2 Å². The van der Waals surface area contributed by atoms with Crippen molar-refractivity contribution >= 4 is 35.9 Å². The Morgan fingerprint density at radius 2 is 1.10 bits per heavy atom. The van der Waals surface area contributed by atoms with E-state index in [1.807, 2.05) is 12.1 Å². The largest absolute Gasteiger partial charge is 0.508 e. The summed E-state index contributed by atoms with van der Waals surface area (Å²) >= 11 is 0. The van der Waals surface area contributed by atoms with Crippen molar-refractivity contribution in [1.29, 1.82) is 0 Å². The van der Waals surface area contributed by atoms with Gasteiger partial charge in [0.15, 0.2) is 0 Å². The summed E-state index contributed by atoms with van der Waals surface area (Å²) in [7, 11) is 0. The van der Waals surface area contributed by atoms with Crippen molar-refractivity contribution in [2.75, 3.05) is 39.4 Å². The number of aliphatic imine (C=N–C) groups is 1. The maximum Gasteiger partial charge on any atom is 0.412 e. The molecule has 0 atom stereocenters. The Morgan fingerprint density at radius 1 is 0.678 bits per heavy atom. The molecule has 0 aliphatic rings. The third kappa shape index (κ3) is 32.5. The zero-order valence-electron chi connectivity index (χ0n) is 34.0. The lowest BCUT2D eigenvalue weighted by atomic mass is 10.1. The Bertz CT molecular complexity index is 1630. The number of hydrogen-bond donors (Lipinski definition) is 4. The van der Waals surface area contributed by atoms with Crippen LogP contribution in [0.2, 0.25) is 0 Å². The zero-order valence-corrected chi connectivity index (χ0v) is 34.0. The zero-order chi connectivity index (χ0) is 43.4. The molecule has 0 radical (unpaired) electrons. The number of phenolic OH excluding ortho intramolecular Hbond substituents is 1. The smallest absolute Gasteiger partial charge is 0.412 e. The van der Waals surface area contributed by atoms with Gasteiger partial charge in [0, 0.05) is 43.6 Å². The van der Waals surface area contributed by atoms with Crippen molar-refractivity contribution in [3.05, 3.63) is 109 Å². The quantitative estimate of drug-likeness (QED) is 0.0199. The summed E-state index contributed by atoms with van der Waals surface area (Å²) in [6.45, 7) is 20.1. The molecule has 2 aromatic carbocycles. The number of carbonyl (C=O) groups is 5. The first kappa shape index (κ1) is 54.8. The lowest BCUT2D eigenvalue weighted by molar-refractivity contribution is -0.143. The fraction of sp³-hybridized carbons (Fsp3) is 0.422. The molecule has 59 heavy (non-hydrogen) atoms. The van der Waals surface area contributed by atoms with Gasteiger partial charge in [-0.25, -0.2) is 14.6 Å². The molecule has 2 rings (SSSR count). The van der Waals surface area contributed by atoms with E-state index in [9.17, 15) is 28.8 Å². The second-order valence-corrected chi connectivity index (χ2v) is 12.7. The van der Waals surface area contributed by atoms with Crippen molar-refractivity contribution in [3.63, 3.8) is 0 Å². The van der Waals surface area contributed by atoms with E-state index in [0.717, 1.165) is 49.7 Å². The monoisotopic (exact) mass is 820 g/mol. The second kappa shape index (κ2) is 36.1. The van der Waals surface area contributed by atoms with Crippen molar-refractivity contribution in [2.24, 2.45) is 4.99 Å². The van der Waals surface area contributed by atoms with Crippen LogP contribution in [-0.2, 0) is 46.3 Å². The molecule has 0 spiro atoms. The number of benzene rings is 2. The van der Waals surface area contributed by atoms with Gasteiger partial charge in [0.05, 0.1) is 6.54 Å². The molecule has 0 saturated heterocycles. The summed E-state index contributed by atoms with van der Waals surface area (Å²) in [4.78, 5) is 69.8. The maximum absolute atomic E-state index is 11.8. The molecule has 0 heterocycles. The normalized spacial score (nSPS) is 9.46. The van der Waals surface area contributed by atoms with Gasteiger partial charge in [-0.3, -0.25) is 19.2 Å². The first-order chi connectivity index (χ1) is 27.8. The van der Waals surface area contributed by atoms with Crippen LogP contribution >= 0.6 is 0 Å². The van der Waals surface area contributed by atoms with Gasteiger partial charge >= 0.3 is 18.0 Å². The highest BCUT2D eigenvalue weighted by Crippen LogP contribution is 2.14. The number of rotatable bonds is 25. The highest BCUT2D eigenvalue weighted by molar-refractivity contribution is 5.92. The van der Waals surface area contributed by atoms with Gasteiger partial charge < -0.3 is 35.3 Å². The molecule has 0 bridgehead atoms. The van der Waals surface area contributed by atoms with Crippen LogP contribution in [0, 0.1) is 0 Å². The molecule has 14 heteroatoms. The summed E-state index contributed by atoms with van der Waals surface area (Å²) in [6, 6.07) is 13.8. The number of aryl methyl sites for hydroxylation is 2. The van der Waals surface area contributed by atoms with Gasteiger partial charge in [0.25, 0.3) is 0 Å². The Labute approximate surface area is 349 Å². The highest BCUT2D eigenvalue weighted by Gasteiger charge is 2.07. The Balaban J connectivity index is 0. The summed E-state index contributed by atoms with van der Waals surface area (Å²) in [5.74, 6) is -0.0805. The summed E-state index contributed by atoms with van der Waals surface area (Å²) < 4.78 is 15.0. The van der Waals surface area contributed by atoms with E-state index in [1.165, 1.54) is 12.2 Å². The van der Waals surface area contributed by atoms with Gasteiger partial charge in [0.1, 0.15) is 24.7 Å². The molecule has 0 aliphatic heterocycles. The van der Waals surface area contributed by atoms with Crippen LogP contribution in [-0.4, -0.2) is 80.4 Å². The number of unbranched alkanes of at least 4 members (excludes halogenated alkanes) is 4. The van der Waals surface area contributed by atoms with Crippen molar-refractivity contribution < 1.29 is 48.1 Å². The van der Waals surface area contributed by atoms with E-state index in [0.29, 0.717) is 62.3 Å². The minimum Gasteiger partial charge on any atom is -0.508 e. The number of nitrogens with zero attached hydrogens (tertiary/aromatic N) is 1. The fourth-order valence-corrected chi connectivity index (χ4v) is 4.33. The summed E-state index contributed by atoms with van der Waals surface area (Å²) in [5, 5.41) is 17.2. The first-order valence-electron chi connectivity index (χ1n) is 19.1. The molecule has 0 unspecified atom stereocenters. The standard InChI is InChI=1S/C22H30N2O5.C12H14O3.C10H16N2O2.CH4/c1-4-16-28-20(25)13-10-18-8-11-19(12-9-18)29-22(27)24-15-7-5-6-14-23-21(26)17(2)3;1-2-9-15-12(14)8-5-10-3-6-11(13)7-4-10;1-9(2)10(14)12-7-5-3-4-6-11-8-13;/h4,8-9,11-12H,1-2,5-7,10,13-16H2,3H3,(H,23,26)(H,24,27);2-4,6-7,13H,1,5,8-9H2;1,3-7H2,2H3,(H,12,14);1H4. The molecule has 3 amide bonds. The first-order valence-corrected chi connectivity index (χ1v) is 19.1. The number of carbonyl (C=O) groups excluding carboxylic acids is 6. The van der Waals surface area contributed by atoms with E-state index < -0.39 is 6.09 Å². The molecule has 14 nitrogen and oxygen atoms in total. The van der Waals surface area contributed by atoms with Crippen LogP contribution < -0.4 is 20.7 Å². The van der Waals surface area contributed by atoms with E-state index in [1.54, 1.807) is 56.3 Å². The third-order valence-electron chi connectivity index (χ3n) is 7.51. The van der Waals surface area contributed by atoms with Crippen LogP contribution in [0.4, 0.5) is 4.79 Å². The molecule has 4 N–H and O–H groups in total. The van der Waals surface area contributed by atoms with Crippen LogP contribution in [0.3, 0.4) is 0 Å². The predicted molar refractivity (Wildman–Crippen MR) is 231 cm³/mol. The SMILES string of the molecule is C.C=C(C)C(=O)NCCCCCN=C=O.C=CCOC(=O)CCc1ccc(O)cc1.C=CCOC(=O)CCc1ccc(OC(=O)NCCCCCNC(=O)C(=C)C)cc1. The van der Waals surface area contributed by atoms with E-state index in [4.69, 9.17) is 19.3 Å². The number of amides is 3. The van der Waals surface area contributed by atoms with E-state index >= 15 is 0 Å². The molecule has 0 fully saturated rings. The van der Waals surface area contributed by atoms with Gasteiger partial charge in [-0.15, -0.1) is 0 Å². The Hall–Kier alpha value is -6.27. The molecule has 0 saturated carbocycles. The van der Waals surface area contributed by atoms with Crippen LogP contribution in [0.5, 0.6) is 11.5 Å². The molecular weight excluding hydrogens is 757 g/mol. The van der Waals surface area contributed by atoms with E-state index in [-0.39, 0.29) is 56.6 Å². The highest BCUT2D eigenvalue weighted by atomic mass is 16.6. The average molecular weight is 821 g/mol. The maximum atomic E-state index is 11.8. The number of isocyanates is 1. The predicted octanol–water partition coefficient (Wildman–Crippen LogP) is 7.17. The Kier molecular flexibility index (Phi) is 33.5. The lowest BCUT2D eigenvalue weighted by Gasteiger charge is -2.08. The number of aromatic hydroxyl groups is 1. The van der Waals surface area contributed by atoms with Crippen LogP contribution in [0.25, 0.3) is 0 Å². The van der Waals surface area contributed by atoms with Crippen LogP contribution in [0.15, 0.2) is 103 Å². The number of hydrogen-bond acceptors (Lipinski definition) is 11. The van der Waals surface area contributed by atoms with Crippen molar-refractivity contribution in [1.82, 2.24) is 16.0 Å². The van der Waals surface area contributed by atoms with Gasteiger partial charge in [-0.2, -0.15) is 0 Å². The Morgan fingerprint density at radius 3 is 1.53 bits per heavy atom. The van der Waals surface area contributed by atoms with Crippen molar-refractivity contribution in [2.45, 2.75) is 85.5 Å². The molecule has 2 aromatic rings. The third-order valence-corrected chi connectivity index (χ3v) is 7.51. The minimum absolute atomic E-state index is 0. The second-order valence-electron chi connectivity index (χ2n) is 12.7. The van der Waals surface area contributed by atoms with Gasteiger partial charge in [-0.05, 0) is 101 Å². The molecule has 324 valence electrons. The number of nitrogens with one attached hydrogen (secondary N) is 3. The van der Waals surface area contributed by atoms with Gasteiger partial charge in [0.2, 0.25) is 17.9 Å². The molecule has 0 aromatic heterocycles. The van der Waals surface area contributed by atoms with E-state index in [2.05, 4.69) is 47.3 Å². The fourth-order valence-electron chi connectivity index (χ4n) is 4.33. The van der Waals surface area contributed by atoms with Crippen molar-refractivity contribution in [3.8, 4) is 11.5 Å². The molecule has 0 aliphatic carbocycles. The van der Waals surface area contributed by atoms with Crippen LogP contribution in [0.1, 0.15) is 83.8 Å². The average Bonchev–Trinajstić information content (AvgIpc) is 3.21. The summed E-state index contributed by atoms with van der Waals surface area (Å²) in [6.07, 6.45) is 11.0. The molecular formula is C45H64N4O10. The number of esters is 2. The minimum atomic E-state index is -0.513. The lowest BCUT2D eigenvalue weighted by Crippen LogP contribution is -2.28. The summed E-state index contributed by atoms with van der Waals surface area (Å²) in [5.41, 5.74) is 2.97. The number of phenols is 1. The topological polar surface area (TPSA) is 199 Å².